The molecule has 2 aromatic rings. The number of hydrogen-bond acceptors (Lipinski definition) is 4. The van der Waals surface area contributed by atoms with Gasteiger partial charge in [-0.05, 0) is 42.0 Å². The summed E-state index contributed by atoms with van der Waals surface area (Å²) in [4.78, 5) is 26.0. The van der Waals surface area contributed by atoms with Crippen LogP contribution in [-0.2, 0) is 9.47 Å². The first-order chi connectivity index (χ1) is 12.1. The molecule has 0 spiro atoms. The van der Waals surface area contributed by atoms with Crippen LogP contribution in [0.2, 0.25) is 0 Å². The zero-order chi connectivity index (χ0) is 17.8. The molecule has 1 unspecified atom stereocenters. The minimum atomic E-state index is -0.416. The predicted molar refractivity (Wildman–Crippen MR) is 96.5 cm³/mol. The Kier molecular flexibility index (Phi) is 5.50. The summed E-state index contributed by atoms with van der Waals surface area (Å²) in [5, 5.41) is 0. The van der Waals surface area contributed by atoms with Crippen LogP contribution in [0.4, 0.5) is 0 Å². The van der Waals surface area contributed by atoms with Crippen molar-refractivity contribution in [2.24, 2.45) is 0 Å². The van der Waals surface area contributed by atoms with E-state index in [2.05, 4.69) is 20.7 Å². The number of nitrogens with zero attached hydrogens (tertiary/aromatic N) is 1. The number of carbonyl (C=O) groups excluding carboxylic acids is 2. The van der Waals surface area contributed by atoms with Gasteiger partial charge in [0.1, 0.15) is 6.10 Å². The third kappa shape index (κ3) is 4.08. The second kappa shape index (κ2) is 7.80. The van der Waals surface area contributed by atoms with Crippen LogP contribution in [-0.4, -0.2) is 43.6 Å². The third-order valence-corrected chi connectivity index (χ3v) is 4.68. The molecule has 3 rings (SSSR count). The van der Waals surface area contributed by atoms with E-state index < -0.39 is 5.97 Å². The molecule has 25 heavy (non-hydrogen) atoms. The Balaban J connectivity index is 1.71. The molecule has 2 aromatic carbocycles. The summed E-state index contributed by atoms with van der Waals surface area (Å²) >= 11 is 3.42. The fourth-order valence-corrected chi connectivity index (χ4v) is 3.03. The first-order valence-corrected chi connectivity index (χ1v) is 8.72. The lowest BCUT2D eigenvalue weighted by Crippen LogP contribution is -2.42. The second-order valence-electron chi connectivity index (χ2n) is 5.73. The molecule has 0 radical (unpaired) electrons. The number of carbonyl (C=O) groups is 2. The molecule has 130 valence electrons. The largest absolute Gasteiger partial charge is 0.465 e. The maximum absolute atomic E-state index is 12.7. The van der Waals surface area contributed by atoms with E-state index in [9.17, 15) is 9.59 Å². The molecule has 1 atom stereocenters. The minimum absolute atomic E-state index is 0.0678. The Labute approximate surface area is 154 Å². The highest BCUT2D eigenvalue weighted by molar-refractivity contribution is 9.10. The summed E-state index contributed by atoms with van der Waals surface area (Å²) in [5.74, 6) is -0.484. The number of esters is 1. The standard InChI is InChI=1S/C19H18BrNO4/c1-24-19(23)15-4-2-14(3-5-15)18(22)21-10-11-25-17(12-21)13-6-8-16(20)9-7-13/h2-9,17H,10-12H2,1H3. The number of rotatable bonds is 3. The van der Waals surface area contributed by atoms with E-state index in [-0.39, 0.29) is 12.0 Å². The van der Waals surface area contributed by atoms with E-state index in [4.69, 9.17) is 4.74 Å². The van der Waals surface area contributed by atoms with Gasteiger partial charge in [-0.3, -0.25) is 4.79 Å². The molecular weight excluding hydrogens is 386 g/mol. The van der Waals surface area contributed by atoms with Gasteiger partial charge < -0.3 is 14.4 Å². The lowest BCUT2D eigenvalue weighted by molar-refractivity contribution is -0.0228. The second-order valence-corrected chi connectivity index (χ2v) is 6.65. The Morgan fingerprint density at radius 1 is 1.08 bits per heavy atom. The van der Waals surface area contributed by atoms with E-state index in [1.807, 2.05) is 24.3 Å². The molecule has 1 aliphatic heterocycles. The molecule has 1 fully saturated rings. The molecule has 0 aliphatic carbocycles. The molecule has 0 aromatic heterocycles. The van der Waals surface area contributed by atoms with Crippen molar-refractivity contribution in [3.8, 4) is 0 Å². The van der Waals surface area contributed by atoms with E-state index in [1.165, 1.54) is 7.11 Å². The summed E-state index contributed by atoms with van der Waals surface area (Å²) in [7, 11) is 1.33. The van der Waals surface area contributed by atoms with Gasteiger partial charge in [0, 0.05) is 16.6 Å². The predicted octanol–water partition coefficient (Wildman–Crippen LogP) is 3.45. The number of halogens is 1. The van der Waals surface area contributed by atoms with Gasteiger partial charge in [-0.25, -0.2) is 4.79 Å². The quantitative estimate of drug-likeness (QED) is 0.736. The number of morpholine rings is 1. The van der Waals surface area contributed by atoms with Crippen molar-refractivity contribution in [1.82, 2.24) is 4.90 Å². The molecular formula is C19H18BrNO4. The average Bonchev–Trinajstić information content (AvgIpc) is 2.67. The van der Waals surface area contributed by atoms with Gasteiger partial charge in [-0.1, -0.05) is 28.1 Å². The van der Waals surface area contributed by atoms with E-state index in [1.54, 1.807) is 29.2 Å². The summed E-state index contributed by atoms with van der Waals surface area (Å²) in [5.41, 5.74) is 2.01. The normalized spacial score (nSPS) is 17.2. The van der Waals surface area contributed by atoms with Crippen LogP contribution in [0.15, 0.2) is 53.0 Å². The minimum Gasteiger partial charge on any atom is -0.465 e. The molecule has 0 saturated carbocycles. The van der Waals surface area contributed by atoms with Crippen LogP contribution in [0.3, 0.4) is 0 Å². The van der Waals surface area contributed by atoms with Gasteiger partial charge in [0.2, 0.25) is 0 Å². The third-order valence-electron chi connectivity index (χ3n) is 4.15. The lowest BCUT2D eigenvalue weighted by Gasteiger charge is -2.33. The summed E-state index contributed by atoms with van der Waals surface area (Å²) < 4.78 is 11.5. The van der Waals surface area contributed by atoms with Crippen LogP contribution in [0, 0.1) is 0 Å². The SMILES string of the molecule is COC(=O)c1ccc(C(=O)N2CCOC(c3ccc(Br)cc3)C2)cc1. The van der Waals surface area contributed by atoms with Crippen molar-refractivity contribution in [3.05, 3.63) is 69.7 Å². The topological polar surface area (TPSA) is 55.8 Å². The number of benzene rings is 2. The lowest BCUT2D eigenvalue weighted by atomic mass is 10.1. The van der Waals surface area contributed by atoms with Crippen LogP contribution >= 0.6 is 15.9 Å². The molecule has 1 saturated heterocycles. The molecule has 0 bridgehead atoms. The summed E-state index contributed by atoms with van der Waals surface area (Å²) in [6.07, 6.45) is -0.139. The number of ether oxygens (including phenoxy) is 2. The first kappa shape index (κ1) is 17.6. The highest BCUT2D eigenvalue weighted by Crippen LogP contribution is 2.24. The van der Waals surface area contributed by atoms with Gasteiger partial charge in [0.05, 0.1) is 25.8 Å². The van der Waals surface area contributed by atoms with Crippen molar-refractivity contribution in [2.75, 3.05) is 26.8 Å². The monoisotopic (exact) mass is 403 g/mol. The van der Waals surface area contributed by atoms with E-state index >= 15 is 0 Å². The van der Waals surface area contributed by atoms with Crippen molar-refractivity contribution >= 4 is 27.8 Å². The van der Waals surface area contributed by atoms with Gasteiger partial charge in [0.25, 0.3) is 5.91 Å². The molecule has 0 N–H and O–H groups in total. The highest BCUT2D eigenvalue weighted by Gasteiger charge is 2.26. The van der Waals surface area contributed by atoms with Gasteiger partial charge in [0.15, 0.2) is 0 Å². The molecule has 1 aliphatic rings. The number of methoxy groups -OCH3 is 1. The number of hydrogen-bond donors (Lipinski definition) is 0. The Bertz CT molecular complexity index is 758. The zero-order valence-corrected chi connectivity index (χ0v) is 15.4. The summed E-state index contributed by atoms with van der Waals surface area (Å²) in [6, 6.07) is 14.4. The Morgan fingerprint density at radius 2 is 1.72 bits per heavy atom. The van der Waals surface area contributed by atoms with Crippen molar-refractivity contribution in [1.29, 1.82) is 0 Å². The maximum atomic E-state index is 12.7. The maximum Gasteiger partial charge on any atom is 0.337 e. The Hall–Kier alpha value is -2.18. The smallest absolute Gasteiger partial charge is 0.337 e. The van der Waals surface area contributed by atoms with Gasteiger partial charge in [-0.15, -0.1) is 0 Å². The molecule has 5 nitrogen and oxygen atoms in total. The fraction of sp³-hybridized carbons (Fsp3) is 0.263. The van der Waals surface area contributed by atoms with Gasteiger partial charge in [-0.2, -0.15) is 0 Å². The van der Waals surface area contributed by atoms with Crippen LogP contribution in [0.25, 0.3) is 0 Å². The fourth-order valence-electron chi connectivity index (χ4n) is 2.76. The van der Waals surface area contributed by atoms with Gasteiger partial charge >= 0.3 is 5.97 Å². The molecule has 6 heteroatoms. The first-order valence-electron chi connectivity index (χ1n) is 7.93. The molecule has 1 amide bonds. The van der Waals surface area contributed by atoms with Crippen LogP contribution < -0.4 is 0 Å². The zero-order valence-electron chi connectivity index (χ0n) is 13.8. The van der Waals surface area contributed by atoms with E-state index in [0.29, 0.717) is 30.8 Å². The molecule has 1 heterocycles. The Morgan fingerprint density at radius 3 is 2.36 bits per heavy atom. The van der Waals surface area contributed by atoms with E-state index in [0.717, 1.165) is 10.0 Å². The highest BCUT2D eigenvalue weighted by atomic mass is 79.9. The summed E-state index contributed by atoms with van der Waals surface area (Å²) in [6.45, 7) is 1.54. The van der Waals surface area contributed by atoms with Crippen molar-refractivity contribution in [3.63, 3.8) is 0 Å². The van der Waals surface area contributed by atoms with Crippen molar-refractivity contribution in [2.45, 2.75) is 6.10 Å². The van der Waals surface area contributed by atoms with Crippen LogP contribution in [0.1, 0.15) is 32.4 Å². The number of amides is 1. The average molecular weight is 404 g/mol. The van der Waals surface area contributed by atoms with Crippen molar-refractivity contribution < 1.29 is 19.1 Å². The van der Waals surface area contributed by atoms with Crippen LogP contribution in [0.5, 0.6) is 0 Å².